The molecular weight excluding hydrogens is 865 g/mol. The summed E-state index contributed by atoms with van der Waals surface area (Å²) < 4.78 is 16.8. The lowest BCUT2D eigenvalue weighted by molar-refractivity contribution is -0.167. The van der Waals surface area contributed by atoms with Crippen LogP contribution in [0.15, 0.2) is 48.6 Å². The molecule has 0 rings (SSSR count). The Balaban J connectivity index is 4.20. The smallest absolute Gasteiger partial charge is 0.306 e. The minimum atomic E-state index is -0.789. The van der Waals surface area contributed by atoms with Crippen molar-refractivity contribution in [2.75, 3.05) is 13.2 Å². The van der Waals surface area contributed by atoms with E-state index in [2.05, 4.69) is 69.4 Å². The molecule has 0 aliphatic carbocycles. The molecule has 0 fully saturated rings. The molecule has 0 amide bonds. The van der Waals surface area contributed by atoms with E-state index in [1.807, 2.05) is 0 Å². The first-order valence-electron chi connectivity index (χ1n) is 30.6. The molecule has 0 aromatic carbocycles. The number of allylic oxidation sites excluding steroid dienone is 8. The van der Waals surface area contributed by atoms with Crippen molar-refractivity contribution in [3.63, 3.8) is 0 Å². The zero-order chi connectivity index (χ0) is 50.7. The van der Waals surface area contributed by atoms with E-state index < -0.39 is 6.10 Å². The van der Waals surface area contributed by atoms with E-state index in [-0.39, 0.29) is 31.1 Å². The summed E-state index contributed by atoms with van der Waals surface area (Å²) >= 11 is 0. The highest BCUT2D eigenvalue weighted by atomic mass is 16.6. The molecule has 0 bridgehead atoms. The highest BCUT2D eigenvalue weighted by molar-refractivity contribution is 5.71. The molecule has 1 atom stereocenters. The molecule has 0 radical (unpaired) electrons. The lowest BCUT2D eigenvalue weighted by atomic mass is 10.0. The second kappa shape index (κ2) is 58.9. The third-order valence-corrected chi connectivity index (χ3v) is 13.6. The molecule has 1 unspecified atom stereocenters. The zero-order valence-electron chi connectivity index (χ0n) is 46.8. The molecule has 0 N–H and O–H groups in total. The van der Waals surface area contributed by atoms with Gasteiger partial charge in [-0.2, -0.15) is 0 Å². The van der Waals surface area contributed by atoms with E-state index in [1.165, 1.54) is 193 Å². The van der Waals surface area contributed by atoms with E-state index >= 15 is 0 Å². The Labute approximate surface area is 435 Å². The monoisotopic (exact) mass is 981 g/mol. The van der Waals surface area contributed by atoms with E-state index in [0.29, 0.717) is 19.3 Å². The van der Waals surface area contributed by atoms with Crippen LogP contribution in [0.2, 0.25) is 0 Å². The Morgan fingerprint density at radius 1 is 0.300 bits per heavy atom. The summed E-state index contributed by atoms with van der Waals surface area (Å²) in [4.78, 5) is 38.1. The van der Waals surface area contributed by atoms with Gasteiger partial charge in [-0.05, 0) is 77.0 Å². The van der Waals surface area contributed by atoms with Crippen LogP contribution in [-0.2, 0) is 28.6 Å². The Hall–Kier alpha value is -2.63. The molecule has 0 heterocycles. The first kappa shape index (κ1) is 67.4. The molecule has 408 valence electrons. The number of esters is 3. The highest BCUT2D eigenvalue weighted by Gasteiger charge is 2.19. The molecule has 0 saturated carbocycles. The maximum Gasteiger partial charge on any atom is 0.306 e. The van der Waals surface area contributed by atoms with Gasteiger partial charge in [0.05, 0.1) is 0 Å². The quantitative estimate of drug-likeness (QED) is 0.0261. The van der Waals surface area contributed by atoms with Crippen molar-refractivity contribution in [1.82, 2.24) is 0 Å². The molecule has 70 heavy (non-hydrogen) atoms. The fraction of sp³-hybridized carbons (Fsp3) is 0.828. The van der Waals surface area contributed by atoms with Crippen LogP contribution in [-0.4, -0.2) is 37.2 Å². The maximum absolute atomic E-state index is 12.8. The summed E-state index contributed by atoms with van der Waals surface area (Å²) in [6.07, 6.45) is 72.8. The van der Waals surface area contributed by atoms with Crippen LogP contribution in [0.25, 0.3) is 0 Å². The Bertz CT molecular complexity index is 1220. The number of hydrogen-bond acceptors (Lipinski definition) is 6. The summed E-state index contributed by atoms with van der Waals surface area (Å²) in [7, 11) is 0. The van der Waals surface area contributed by atoms with Gasteiger partial charge in [0.2, 0.25) is 0 Å². The van der Waals surface area contributed by atoms with Gasteiger partial charge in [-0.3, -0.25) is 14.4 Å². The number of rotatable bonds is 56. The molecule has 0 aromatic heterocycles. The first-order chi connectivity index (χ1) is 34.5. The lowest BCUT2D eigenvalue weighted by Gasteiger charge is -2.18. The first-order valence-corrected chi connectivity index (χ1v) is 30.6. The average molecular weight is 982 g/mol. The molecule has 0 aromatic rings. The predicted octanol–water partition coefficient (Wildman–Crippen LogP) is 20.6. The van der Waals surface area contributed by atoms with Crippen molar-refractivity contribution in [2.45, 2.75) is 329 Å². The lowest BCUT2D eigenvalue weighted by Crippen LogP contribution is -2.30. The Kier molecular flexibility index (Phi) is 56.7. The summed E-state index contributed by atoms with van der Waals surface area (Å²) in [5, 5.41) is 0. The van der Waals surface area contributed by atoms with E-state index in [9.17, 15) is 14.4 Å². The van der Waals surface area contributed by atoms with Crippen molar-refractivity contribution in [3.05, 3.63) is 48.6 Å². The van der Waals surface area contributed by atoms with Crippen molar-refractivity contribution < 1.29 is 28.6 Å². The van der Waals surface area contributed by atoms with Crippen molar-refractivity contribution in [2.24, 2.45) is 0 Å². The van der Waals surface area contributed by atoms with Crippen molar-refractivity contribution >= 4 is 17.9 Å². The van der Waals surface area contributed by atoms with Gasteiger partial charge in [0.15, 0.2) is 6.10 Å². The molecule has 0 aliphatic rings. The van der Waals surface area contributed by atoms with Gasteiger partial charge in [-0.15, -0.1) is 0 Å². The molecule has 0 spiro atoms. The second-order valence-corrected chi connectivity index (χ2v) is 20.6. The fourth-order valence-electron chi connectivity index (χ4n) is 8.98. The van der Waals surface area contributed by atoms with Gasteiger partial charge in [0.1, 0.15) is 13.2 Å². The zero-order valence-corrected chi connectivity index (χ0v) is 46.8. The standard InChI is InChI=1S/C64H116O6/c1-4-7-10-13-16-19-22-25-26-27-28-29-30-31-32-33-34-35-36-37-40-42-45-48-51-54-57-63(66)69-60-61(70-64(67)58-55-52-49-46-43-39-24-21-18-15-12-9-6-3)59-68-62(65)56-53-50-47-44-41-38-23-20-17-14-11-8-5-2/h9,12,18,20-21,23,39,43,61H,4-8,10-11,13-17,19,22,24-38,40-42,44-60H2,1-3H3/b12-9-,21-18-,23-20-,43-39-. The number of carbonyl (C=O) groups is 3. The normalized spacial score (nSPS) is 12.3. The topological polar surface area (TPSA) is 78.9 Å². The Morgan fingerprint density at radius 2 is 0.557 bits per heavy atom. The predicted molar refractivity (Wildman–Crippen MR) is 302 cm³/mol. The van der Waals surface area contributed by atoms with E-state index in [0.717, 1.165) is 89.9 Å². The van der Waals surface area contributed by atoms with Crippen LogP contribution in [0.1, 0.15) is 323 Å². The van der Waals surface area contributed by atoms with Crippen molar-refractivity contribution in [3.8, 4) is 0 Å². The number of unbranched alkanes of at least 4 members (excludes halogenated alkanes) is 37. The minimum Gasteiger partial charge on any atom is -0.462 e. The minimum absolute atomic E-state index is 0.0847. The van der Waals surface area contributed by atoms with Gasteiger partial charge in [0, 0.05) is 19.3 Å². The van der Waals surface area contributed by atoms with Gasteiger partial charge in [-0.1, -0.05) is 275 Å². The van der Waals surface area contributed by atoms with Crippen LogP contribution in [0.3, 0.4) is 0 Å². The summed E-state index contributed by atoms with van der Waals surface area (Å²) in [6.45, 7) is 6.52. The fourth-order valence-corrected chi connectivity index (χ4v) is 8.98. The molecule has 6 nitrogen and oxygen atoms in total. The summed E-state index contributed by atoms with van der Waals surface area (Å²) in [6, 6.07) is 0. The van der Waals surface area contributed by atoms with Crippen LogP contribution < -0.4 is 0 Å². The number of carbonyl (C=O) groups excluding carboxylic acids is 3. The van der Waals surface area contributed by atoms with Crippen LogP contribution in [0, 0.1) is 0 Å². The van der Waals surface area contributed by atoms with Gasteiger partial charge in [0.25, 0.3) is 0 Å². The maximum atomic E-state index is 12.8. The van der Waals surface area contributed by atoms with Crippen molar-refractivity contribution in [1.29, 1.82) is 0 Å². The van der Waals surface area contributed by atoms with Gasteiger partial charge in [-0.25, -0.2) is 0 Å². The second-order valence-electron chi connectivity index (χ2n) is 20.6. The molecular formula is C64H116O6. The third-order valence-electron chi connectivity index (χ3n) is 13.6. The average Bonchev–Trinajstić information content (AvgIpc) is 3.36. The van der Waals surface area contributed by atoms with Crippen LogP contribution in [0.4, 0.5) is 0 Å². The van der Waals surface area contributed by atoms with Gasteiger partial charge < -0.3 is 14.2 Å². The highest BCUT2D eigenvalue weighted by Crippen LogP contribution is 2.17. The molecule has 0 aliphatic heterocycles. The molecule has 6 heteroatoms. The Morgan fingerprint density at radius 3 is 0.914 bits per heavy atom. The summed E-state index contributed by atoms with van der Waals surface area (Å²) in [5.41, 5.74) is 0. The number of ether oxygens (including phenoxy) is 3. The third kappa shape index (κ3) is 56.3. The van der Waals surface area contributed by atoms with E-state index in [4.69, 9.17) is 14.2 Å². The van der Waals surface area contributed by atoms with Crippen LogP contribution >= 0.6 is 0 Å². The van der Waals surface area contributed by atoms with Gasteiger partial charge >= 0.3 is 17.9 Å². The largest absolute Gasteiger partial charge is 0.462 e. The molecule has 0 saturated heterocycles. The summed E-state index contributed by atoms with van der Waals surface area (Å²) in [5.74, 6) is -0.909. The van der Waals surface area contributed by atoms with Crippen LogP contribution in [0.5, 0.6) is 0 Å². The number of hydrogen-bond donors (Lipinski definition) is 0. The SMILES string of the molecule is CC/C=C\C/C=C\C/C=C\CCCCCC(=O)OC(COC(=O)CCCCCCC/C=C\CCCCCC)COC(=O)CCCCCCCCCCCCCCCCCCCCCCCCCCCC. The van der Waals surface area contributed by atoms with E-state index in [1.54, 1.807) is 0 Å².